The van der Waals surface area contributed by atoms with Gasteiger partial charge in [0.2, 0.25) is 0 Å². The van der Waals surface area contributed by atoms with E-state index >= 15 is 0 Å². The number of hydrogen-bond donors (Lipinski definition) is 0. The minimum Gasteiger partial charge on any atom is -0.303 e. The van der Waals surface area contributed by atoms with Crippen molar-refractivity contribution in [3.05, 3.63) is 0 Å². The quantitative estimate of drug-likeness (QED) is 0.611. The van der Waals surface area contributed by atoms with Crippen molar-refractivity contribution >= 4 is 0 Å². The van der Waals surface area contributed by atoms with E-state index < -0.39 is 11.3 Å². The van der Waals surface area contributed by atoms with Crippen molar-refractivity contribution in [2.24, 2.45) is 5.41 Å². The van der Waals surface area contributed by atoms with Crippen LogP contribution >= 0.6 is 0 Å². The van der Waals surface area contributed by atoms with E-state index in [1.54, 1.807) is 0 Å². The summed E-state index contributed by atoms with van der Waals surface area (Å²) in [6.45, 7) is 4.79. The van der Waals surface area contributed by atoms with Gasteiger partial charge in [-0.2, -0.15) is 0 Å². The van der Waals surface area contributed by atoms with Crippen molar-refractivity contribution in [1.29, 1.82) is 0 Å². The fraction of sp³-hybridized carbons (Fsp3) is 1.00. The first-order valence-electron chi connectivity index (χ1n) is 7.20. The van der Waals surface area contributed by atoms with Crippen LogP contribution in [0.2, 0.25) is 0 Å². The Morgan fingerprint density at radius 3 is 2.29 bits per heavy atom. The molecule has 100 valence electrons. The Morgan fingerprint density at radius 2 is 1.71 bits per heavy atom. The summed E-state index contributed by atoms with van der Waals surface area (Å²) in [4.78, 5) is 2.25. The van der Waals surface area contributed by atoms with Crippen molar-refractivity contribution in [1.82, 2.24) is 4.90 Å². The van der Waals surface area contributed by atoms with Crippen LogP contribution in [-0.2, 0) is 0 Å². The zero-order chi connectivity index (χ0) is 12.4. The van der Waals surface area contributed by atoms with Gasteiger partial charge in [-0.15, -0.1) is 0 Å². The Balaban J connectivity index is 1.54. The molecule has 0 aromatic rings. The molecule has 2 rings (SSSR count). The van der Waals surface area contributed by atoms with Crippen LogP contribution in [0.4, 0.5) is 8.78 Å². The fourth-order valence-electron chi connectivity index (χ4n) is 3.09. The molecule has 0 amide bonds. The first-order valence-corrected chi connectivity index (χ1v) is 7.20. The van der Waals surface area contributed by atoms with Crippen molar-refractivity contribution in [3.63, 3.8) is 0 Å². The van der Waals surface area contributed by atoms with E-state index in [4.69, 9.17) is 0 Å². The molecule has 1 unspecified atom stereocenters. The van der Waals surface area contributed by atoms with Gasteiger partial charge >= 0.3 is 0 Å². The van der Waals surface area contributed by atoms with E-state index in [1.807, 2.05) is 0 Å². The first kappa shape index (κ1) is 13.3. The van der Waals surface area contributed by atoms with E-state index in [2.05, 4.69) is 11.8 Å². The minimum atomic E-state index is -2.34. The SMILES string of the molecule is CCCCCCCCN1CCC2(C1)CC2(F)F. The van der Waals surface area contributed by atoms with Crippen LogP contribution in [0.1, 0.15) is 58.3 Å². The number of unbranched alkanes of at least 4 members (excludes halogenated alkanes) is 5. The molecule has 1 nitrogen and oxygen atoms in total. The number of hydrogen-bond acceptors (Lipinski definition) is 1. The van der Waals surface area contributed by atoms with Crippen molar-refractivity contribution in [2.45, 2.75) is 64.2 Å². The second-order valence-electron chi connectivity index (χ2n) is 5.96. The molecule has 0 aromatic heterocycles. The van der Waals surface area contributed by atoms with Crippen molar-refractivity contribution in [2.75, 3.05) is 19.6 Å². The Kier molecular flexibility index (Phi) is 4.06. The Bertz CT molecular complexity index is 255. The molecule has 0 aromatic carbocycles. The van der Waals surface area contributed by atoms with Crippen LogP contribution in [0.15, 0.2) is 0 Å². The average Bonchev–Trinajstić information content (AvgIpc) is 2.63. The summed E-state index contributed by atoms with van der Waals surface area (Å²) < 4.78 is 26.3. The molecule has 1 aliphatic heterocycles. The lowest BCUT2D eigenvalue weighted by Gasteiger charge is -2.15. The molecule has 0 N–H and O–H groups in total. The second-order valence-corrected chi connectivity index (χ2v) is 5.96. The van der Waals surface area contributed by atoms with Crippen LogP contribution in [0.3, 0.4) is 0 Å². The summed E-state index contributed by atoms with van der Waals surface area (Å²) in [6.07, 6.45) is 8.57. The molecule has 1 saturated carbocycles. The van der Waals surface area contributed by atoms with Crippen LogP contribution in [0, 0.1) is 5.41 Å². The summed E-state index contributed by atoms with van der Waals surface area (Å²) in [5, 5.41) is 0. The summed E-state index contributed by atoms with van der Waals surface area (Å²) in [7, 11) is 0. The standard InChI is InChI=1S/C14H25F2N/c1-2-3-4-5-6-7-9-17-10-8-13(12-17)11-14(13,15)16/h2-12H2,1H3. The summed E-state index contributed by atoms with van der Waals surface area (Å²) in [6, 6.07) is 0. The normalized spacial score (nSPS) is 31.2. The number of halogens is 2. The van der Waals surface area contributed by atoms with E-state index in [1.165, 1.54) is 38.5 Å². The number of nitrogens with zero attached hydrogens (tertiary/aromatic N) is 1. The van der Waals surface area contributed by atoms with Crippen LogP contribution in [0.25, 0.3) is 0 Å². The summed E-state index contributed by atoms with van der Waals surface area (Å²) in [5.74, 6) is -2.34. The van der Waals surface area contributed by atoms with Gasteiger partial charge in [0, 0.05) is 13.0 Å². The summed E-state index contributed by atoms with van der Waals surface area (Å²) >= 11 is 0. The third-order valence-electron chi connectivity index (χ3n) is 4.47. The smallest absolute Gasteiger partial charge is 0.255 e. The highest BCUT2D eigenvalue weighted by Gasteiger charge is 2.72. The maximum atomic E-state index is 13.2. The third-order valence-corrected chi connectivity index (χ3v) is 4.47. The first-order chi connectivity index (χ1) is 8.10. The van der Waals surface area contributed by atoms with Gasteiger partial charge in [0.1, 0.15) is 0 Å². The fourth-order valence-corrected chi connectivity index (χ4v) is 3.09. The molecule has 0 radical (unpaired) electrons. The van der Waals surface area contributed by atoms with Gasteiger partial charge in [-0.3, -0.25) is 0 Å². The van der Waals surface area contributed by atoms with Gasteiger partial charge in [0.05, 0.1) is 5.41 Å². The molecular formula is C14H25F2N. The lowest BCUT2D eigenvalue weighted by Crippen LogP contribution is -2.24. The van der Waals surface area contributed by atoms with Crippen LogP contribution in [-0.4, -0.2) is 30.5 Å². The Labute approximate surface area is 104 Å². The number of rotatable bonds is 7. The van der Waals surface area contributed by atoms with Crippen LogP contribution in [0.5, 0.6) is 0 Å². The lowest BCUT2D eigenvalue weighted by molar-refractivity contribution is 0.0662. The van der Waals surface area contributed by atoms with E-state index in [9.17, 15) is 8.78 Å². The molecule has 1 aliphatic carbocycles. The highest BCUT2D eigenvalue weighted by atomic mass is 19.3. The van der Waals surface area contributed by atoms with Gasteiger partial charge in [-0.25, -0.2) is 8.78 Å². The molecule has 1 saturated heterocycles. The molecule has 2 aliphatic rings. The zero-order valence-electron chi connectivity index (χ0n) is 11.0. The Hall–Kier alpha value is -0.180. The van der Waals surface area contributed by atoms with E-state index in [-0.39, 0.29) is 6.42 Å². The molecule has 1 heterocycles. The molecule has 1 spiro atoms. The van der Waals surface area contributed by atoms with Gasteiger partial charge in [0.15, 0.2) is 0 Å². The minimum absolute atomic E-state index is 0.146. The predicted octanol–water partition coefficient (Wildman–Crippen LogP) is 4.08. The monoisotopic (exact) mass is 245 g/mol. The van der Waals surface area contributed by atoms with Gasteiger partial charge in [-0.1, -0.05) is 39.0 Å². The molecule has 1 atom stereocenters. The topological polar surface area (TPSA) is 3.24 Å². The molecule has 2 fully saturated rings. The number of alkyl halides is 2. The van der Waals surface area contributed by atoms with Gasteiger partial charge < -0.3 is 4.90 Å². The van der Waals surface area contributed by atoms with Gasteiger partial charge in [0.25, 0.3) is 5.92 Å². The van der Waals surface area contributed by atoms with E-state index in [0.29, 0.717) is 6.54 Å². The Morgan fingerprint density at radius 1 is 1.06 bits per heavy atom. The zero-order valence-corrected chi connectivity index (χ0v) is 11.0. The van der Waals surface area contributed by atoms with Crippen molar-refractivity contribution in [3.8, 4) is 0 Å². The van der Waals surface area contributed by atoms with Crippen LogP contribution < -0.4 is 0 Å². The molecule has 3 heteroatoms. The summed E-state index contributed by atoms with van der Waals surface area (Å²) in [5.41, 5.74) is -0.602. The lowest BCUT2D eigenvalue weighted by atomic mass is 10.1. The third kappa shape index (κ3) is 2.98. The maximum absolute atomic E-state index is 13.2. The average molecular weight is 245 g/mol. The highest BCUT2D eigenvalue weighted by molar-refractivity contribution is 5.14. The maximum Gasteiger partial charge on any atom is 0.255 e. The predicted molar refractivity (Wildman–Crippen MR) is 66.4 cm³/mol. The largest absolute Gasteiger partial charge is 0.303 e. The highest BCUT2D eigenvalue weighted by Crippen LogP contribution is 2.64. The van der Waals surface area contributed by atoms with E-state index in [0.717, 1.165) is 19.5 Å². The second kappa shape index (κ2) is 5.21. The van der Waals surface area contributed by atoms with Gasteiger partial charge in [-0.05, 0) is 25.9 Å². The molecule has 0 bridgehead atoms. The number of likely N-dealkylation sites (tertiary alicyclic amines) is 1. The molecule has 17 heavy (non-hydrogen) atoms. The molecular weight excluding hydrogens is 220 g/mol. The van der Waals surface area contributed by atoms with Crippen molar-refractivity contribution < 1.29 is 8.78 Å².